The molecular formula is C24H36N4O5. The highest BCUT2D eigenvalue weighted by Gasteiger charge is 2.13. The van der Waals surface area contributed by atoms with E-state index < -0.39 is 0 Å². The fraction of sp³-hybridized carbons (Fsp3) is 0.458. The molecule has 0 spiro atoms. The quantitative estimate of drug-likeness (QED) is 0.136. The van der Waals surface area contributed by atoms with Crippen LogP contribution in [0.4, 0.5) is 0 Å². The second-order valence-corrected chi connectivity index (χ2v) is 7.54. The van der Waals surface area contributed by atoms with Crippen LogP contribution in [0.25, 0.3) is 0 Å². The minimum Gasteiger partial charge on any atom is -0.504 e. The van der Waals surface area contributed by atoms with Crippen LogP contribution in [-0.2, 0) is 20.9 Å². The summed E-state index contributed by atoms with van der Waals surface area (Å²) in [4.78, 5) is 37.0. The summed E-state index contributed by atoms with van der Waals surface area (Å²) in [6.07, 6.45) is 5.81. The van der Waals surface area contributed by atoms with Crippen LogP contribution >= 0.6 is 0 Å². The molecule has 0 radical (unpaired) electrons. The maximum Gasteiger partial charge on any atom is 0.243 e. The van der Waals surface area contributed by atoms with Crippen LogP contribution in [0.1, 0.15) is 37.7 Å². The average molecular weight is 461 g/mol. The van der Waals surface area contributed by atoms with Crippen molar-refractivity contribution in [3.05, 3.63) is 49.1 Å². The minimum atomic E-state index is -0.211. The van der Waals surface area contributed by atoms with Crippen molar-refractivity contribution in [2.45, 2.75) is 38.6 Å². The van der Waals surface area contributed by atoms with Crippen molar-refractivity contribution in [3.8, 4) is 11.5 Å². The first-order valence-electron chi connectivity index (χ1n) is 11.2. The van der Waals surface area contributed by atoms with Crippen LogP contribution in [0, 0.1) is 0 Å². The van der Waals surface area contributed by atoms with E-state index in [0.29, 0.717) is 45.7 Å². The SMILES string of the molecule is C=CC(=O)NCCCCN(CCCCNC(=O)C=C)C(=O)CCNCc1ccc(O)c(O)c1. The molecule has 9 nitrogen and oxygen atoms in total. The van der Waals surface area contributed by atoms with E-state index in [1.165, 1.54) is 24.3 Å². The molecule has 0 atom stereocenters. The predicted molar refractivity (Wildman–Crippen MR) is 128 cm³/mol. The highest BCUT2D eigenvalue weighted by molar-refractivity contribution is 5.87. The molecule has 0 aliphatic heterocycles. The van der Waals surface area contributed by atoms with Crippen molar-refractivity contribution in [2.24, 2.45) is 0 Å². The van der Waals surface area contributed by atoms with Gasteiger partial charge in [0.05, 0.1) is 0 Å². The first-order valence-corrected chi connectivity index (χ1v) is 11.2. The Hall–Kier alpha value is -3.33. The number of hydrogen-bond donors (Lipinski definition) is 5. The molecular weight excluding hydrogens is 424 g/mol. The van der Waals surface area contributed by atoms with Gasteiger partial charge in [-0.1, -0.05) is 19.2 Å². The van der Waals surface area contributed by atoms with E-state index in [1.807, 2.05) is 4.90 Å². The Balaban J connectivity index is 2.42. The number of aromatic hydroxyl groups is 2. The Bertz CT molecular complexity index is 767. The molecule has 0 unspecified atom stereocenters. The number of unbranched alkanes of at least 4 members (excludes halogenated alkanes) is 2. The number of phenols is 2. The Labute approximate surface area is 195 Å². The lowest BCUT2D eigenvalue weighted by molar-refractivity contribution is -0.131. The zero-order valence-corrected chi connectivity index (χ0v) is 19.1. The zero-order valence-electron chi connectivity index (χ0n) is 19.1. The molecule has 0 aromatic heterocycles. The van der Waals surface area contributed by atoms with Gasteiger partial charge in [-0.25, -0.2) is 0 Å². The van der Waals surface area contributed by atoms with Crippen LogP contribution in [-0.4, -0.2) is 65.6 Å². The fourth-order valence-electron chi connectivity index (χ4n) is 3.05. The molecule has 0 aliphatic rings. The number of carbonyl (C=O) groups is 3. The van der Waals surface area contributed by atoms with Crippen molar-refractivity contribution >= 4 is 17.7 Å². The molecule has 3 amide bonds. The number of hydrogen-bond acceptors (Lipinski definition) is 6. The monoisotopic (exact) mass is 460 g/mol. The van der Waals surface area contributed by atoms with E-state index >= 15 is 0 Å². The first kappa shape index (κ1) is 27.7. The van der Waals surface area contributed by atoms with Gasteiger partial charge in [0, 0.05) is 45.7 Å². The van der Waals surface area contributed by atoms with Gasteiger partial charge in [-0.15, -0.1) is 0 Å². The number of amides is 3. The molecule has 0 bridgehead atoms. The van der Waals surface area contributed by atoms with E-state index in [2.05, 4.69) is 29.1 Å². The van der Waals surface area contributed by atoms with E-state index in [0.717, 1.165) is 31.2 Å². The van der Waals surface area contributed by atoms with Crippen LogP contribution in [0.3, 0.4) is 0 Å². The molecule has 33 heavy (non-hydrogen) atoms. The summed E-state index contributed by atoms with van der Waals surface area (Å²) >= 11 is 0. The molecule has 0 saturated heterocycles. The van der Waals surface area contributed by atoms with E-state index in [9.17, 15) is 24.6 Å². The van der Waals surface area contributed by atoms with Crippen molar-refractivity contribution < 1.29 is 24.6 Å². The van der Waals surface area contributed by atoms with Crippen molar-refractivity contribution in [3.63, 3.8) is 0 Å². The number of nitrogens with zero attached hydrogens (tertiary/aromatic N) is 1. The summed E-state index contributed by atoms with van der Waals surface area (Å²) in [7, 11) is 0. The van der Waals surface area contributed by atoms with E-state index in [-0.39, 0.29) is 29.2 Å². The van der Waals surface area contributed by atoms with E-state index in [4.69, 9.17) is 0 Å². The van der Waals surface area contributed by atoms with E-state index in [1.54, 1.807) is 6.07 Å². The van der Waals surface area contributed by atoms with Crippen molar-refractivity contribution in [2.75, 3.05) is 32.7 Å². The molecule has 1 rings (SSSR count). The highest BCUT2D eigenvalue weighted by Crippen LogP contribution is 2.24. The Morgan fingerprint density at radius 2 is 1.42 bits per heavy atom. The van der Waals surface area contributed by atoms with Crippen LogP contribution in [0.2, 0.25) is 0 Å². The van der Waals surface area contributed by atoms with Gasteiger partial charge in [-0.2, -0.15) is 0 Å². The van der Waals surface area contributed by atoms with Gasteiger partial charge in [0.25, 0.3) is 0 Å². The lowest BCUT2D eigenvalue weighted by atomic mass is 10.2. The number of phenolic OH excluding ortho intramolecular Hbond substituents is 2. The summed E-state index contributed by atoms with van der Waals surface area (Å²) in [5.41, 5.74) is 0.803. The standard InChI is InChI=1S/C24H36N4O5/c1-3-22(31)26-12-5-7-15-28(16-8-6-13-27-23(32)4-2)24(33)11-14-25-18-19-9-10-20(29)21(30)17-19/h3-4,9-10,17,25,29-30H,1-2,5-8,11-16,18H2,(H,26,31)(H,27,32). The summed E-state index contributed by atoms with van der Waals surface area (Å²) < 4.78 is 0. The van der Waals surface area contributed by atoms with Gasteiger partial charge in [0.15, 0.2) is 11.5 Å². The number of carbonyl (C=O) groups excluding carboxylic acids is 3. The third-order valence-electron chi connectivity index (χ3n) is 4.92. The molecule has 1 aromatic carbocycles. The Morgan fingerprint density at radius 3 is 1.94 bits per heavy atom. The average Bonchev–Trinajstić information content (AvgIpc) is 2.81. The fourth-order valence-corrected chi connectivity index (χ4v) is 3.05. The van der Waals surface area contributed by atoms with Crippen molar-refractivity contribution in [1.29, 1.82) is 0 Å². The Morgan fingerprint density at radius 1 is 0.848 bits per heavy atom. The molecule has 182 valence electrons. The number of benzene rings is 1. The second kappa shape index (κ2) is 16.3. The van der Waals surface area contributed by atoms with Crippen LogP contribution < -0.4 is 16.0 Å². The zero-order chi connectivity index (χ0) is 24.5. The summed E-state index contributed by atoms with van der Waals surface area (Å²) in [6.45, 7) is 10.0. The maximum absolute atomic E-state index is 12.7. The lowest BCUT2D eigenvalue weighted by Crippen LogP contribution is -2.35. The van der Waals surface area contributed by atoms with Crippen LogP contribution in [0.5, 0.6) is 11.5 Å². The van der Waals surface area contributed by atoms with Gasteiger partial charge in [0.2, 0.25) is 17.7 Å². The van der Waals surface area contributed by atoms with Crippen molar-refractivity contribution in [1.82, 2.24) is 20.9 Å². The summed E-state index contributed by atoms with van der Waals surface area (Å²) in [6, 6.07) is 4.60. The number of nitrogens with one attached hydrogen (secondary N) is 3. The lowest BCUT2D eigenvalue weighted by Gasteiger charge is -2.23. The molecule has 5 N–H and O–H groups in total. The summed E-state index contributed by atoms with van der Waals surface area (Å²) in [5.74, 6) is -0.737. The highest BCUT2D eigenvalue weighted by atomic mass is 16.3. The minimum absolute atomic E-state index is 0.0290. The largest absolute Gasteiger partial charge is 0.504 e. The van der Waals surface area contributed by atoms with Gasteiger partial charge in [-0.3, -0.25) is 14.4 Å². The van der Waals surface area contributed by atoms with Gasteiger partial charge in [-0.05, 0) is 55.5 Å². The molecule has 9 heteroatoms. The number of rotatable bonds is 17. The van der Waals surface area contributed by atoms with Gasteiger partial charge in [0.1, 0.15) is 0 Å². The Kier molecular flexibility index (Phi) is 13.7. The smallest absolute Gasteiger partial charge is 0.243 e. The summed E-state index contributed by atoms with van der Waals surface area (Å²) in [5, 5.41) is 27.5. The second-order valence-electron chi connectivity index (χ2n) is 7.54. The van der Waals surface area contributed by atoms with Crippen LogP contribution in [0.15, 0.2) is 43.5 Å². The third-order valence-corrected chi connectivity index (χ3v) is 4.92. The molecule has 0 saturated carbocycles. The molecule has 0 aliphatic carbocycles. The normalized spacial score (nSPS) is 10.3. The predicted octanol–water partition coefficient (Wildman–Crippen LogP) is 1.57. The molecule has 1 aromatic rings. The van der Waals surface area contributed by atoms with Gasteiger partial charge < -0.3 is 31.1 Å². The topological polar surface area (TPSA) is 131 Å². The molecule has 0 fully saturated rings. The third kappa shape index (κ3) is 12.3. The maximum atomic E-state index is 12.7. The molecule has 0 heterocycles. The first-order chi connectivity index (χ1) is 15.9. The van der Waals surface area contributed by atoms with Gasteiger partial charge >= 0.3 is 0 Å².